The smallest absolute Gasteiger partial charge is 0.216 e. The van der Waals surface area contributed by atoms with E-state index >= 15 is 0 Å². The molecule has 2 rings (SSSR count). The monoisotopic (exact) mass is 364 g/mol. The number of hydrogen-bond donors (Lipinski definition) is 2. The van der Waals surface area contributed by atoms with Crippen LogP contribution in [0.5, 0.6) is 0 Å². The maximum absolute atomic E-state index is 12.0. The molecule has 2 aromatic rings. The lowest BCUT2D eigenvalue weighted by Crippen LogP contribution is -2.31. The van der Waals surface area contributed by atoms with Crippen molar-refractivity contribution in [1.29, 1.82) is 0 Å². The molecule has 1 aromatic heterocycles. The van der Waals surface area contributed by atoms with Gasteiger partial charge in [0.25, 0.3) is 0 Å². The van der Waals surface area contributed by atoms with E-state index in [1.165, 1.54) is 11.3 Å². The molecule has 0 aliphatic heterocycles. The molecule has 6 nitrogen and oxygen atoms in total. The zero-order valence-electron chi connectivity index (χ0n) is 15.6. The number of aryl methyl sites for hydroxylation is 2. The van der Waals surface area contributed by atoms with Crippen LogP contribution in [0.25, 0.3) is 0 Å². The van der Waals surface area contributed by atoms with E-state index in [-0.39, 0.29) is 11.8 Å². The second kappa shape index (κ2) is 8.12. The number of benzene rings is 1. The highest BCUT2D eigenvalue weighted by Crippen LogP contribution is 2.12. The molecule has 7 heteroatoms. The third-order valence-electron chi connectivity index (χ3n) is 4.08. The van der Waals surface area contributed by atoms with E-state index < -0.39 is 10.0 Å². The standard InChI is InChI=1S/C18H28N4O2S/c1-13(2)21-25(23,24)12-17-8-6-16(7-9-17)10-19-11-18-14(3)20-22(5)15(18)4/h6-9,13,19,21H,10-12H2,1-5H3. The van der Waals surface area contributed by atoms with Crippen LogP contribution in [0.2, 0.25) is 0 Å². The average molecular weight is 365 g/mol. The third kappa shape index (κ3) is 5.66. The fraction of sp³-hybridized carbons (Fsp3) is 0.500. The van der Waals surface area contributed by atoms with E-state index in [9.17, 15) is 8.42 Å². The molecule has 0 saturated carbocycles. The molecule has 0 fully saturated rings. The van der Waals surface area contributed by atoms with Gasteiger partial charge in [0.15, 0.2) is 0 Å². The summed E-state index contributed by atoms with van der Waals surface area (Å²) < 4.78 is 28.4. The van der Waals surface area contributed by atoms with Crippen molar-refractivity contribution in [2.75, 3.05) is 0 Å². The molecule has 1 heterocycles. The van der Waals surface area contributed by atoms with Crippen LogP contribution < -0.4 is 10.0 Å². The lowest BCUT2D eigenvalue weighted by Gasteiger charge is -2.10. The average Bonchev–Trinajstić information content (AvgIpc) is 2.73. The molecule has 0 aliphatic rings. The Morgan fingerprint density at radius 1 is 1.08 bits per heavy atom. The molecule has 0 saturated heterocycles. The Bertz CT molecular complexity index is 808. The number of nitrogens with zero attached hydrogens (tertiary/aromatic N) is 2. The number of hydrogen-bond acceptors (Lipinski definition) is 4. The predicted molar refractivity (Wildman–Crippen MR) is 101 cm³/mol. The largest absolute Gasteiger partial charge is 0.308 e. The molecule has 138 valence electrons. The summed E-state index contributed by atoms with van der Waals surface area (Å²) in [6.07, 6.45) is 0. The van der Waals surface area contributed by atoms with Gasteiger partial charge in [-0.3, -0.25) is 4.68 Å². The second-order valence-electron chi connectivity index (χ2n) is 6.72. The third-order valence-corrected chi connectivity index (χ3v) is 5.63. The normalized spacial score (nSPS) is 12.1. The Morgan fingerprint density at radius 2 is 1.68 bits per heavy atom. The van der Waals surface area contributed by atoms with Crippen molar-refractivity contribution in [3.63, 3.8) is 0 Å². The minimum absolute atomic E-state index is 0.00691. The molecule has 0 bridgehead atoms. The molecular weight excluding hydrogens is 336 g/mol. The van der Waals surface area contributed by atoms with E-state index in [1.54, 1.807) is 0 Å². The van der Waals surface area contributed by atoms with Crippen LogP contribution in [0.1, 0.15) is 41.9 Å². The van der Waals surface area contributed by atoms with E-state index in [2.05, 4.69) is 22.1 Å². The number of sulfonamides is 1. The van der Waals surface area contributed by atoms with Crippen LogP contribution in [0.3, 0.4) is 0 Å². The molecule has 0 atom stereocenters. The summed E-state index contributed by atoms with van der Waals surface area (Å²) in [4.78, 5) is 0. The first-order chi connectivity index (χ1) is 11.7. The van der Waals surface area contributed by atoms with Gasteiger partial charge in [-0.15, -0.1) is 0 Å². The van der Waals surface area contributed by atoms with Crippen LogP contribution in [0.4, 0.5) is 0 Å². The highest BCUT2D eigenvalue weighted by atomic mass is 32.2. The summed E-state index contributed by atoms with van der Waals surface area (Å²) in [5.41, 5.74) is 5.35. The minimum atomic E-state index is -3.28. The first kappa shape index (κ1) is 19.6. The van der Waals surface area contributed by atoms with Crippen LogP contribution in [0, 0.1) is 13.8 Å². The highest BCUT2D eigenvalue weighted by molar-refractivity contribution is 7.88. The predicted octanol–water partition coefficient (Wildman–Crippen LogP) is 2.15. The molecule has 0 spiro atoms. The Morgan fingerprint density at radius 3 is 2.20 bits per heavy atom. The Kier molecular flexibility index (Phi) is 6.37. The maximum atomic E-state index is 12.0. The molecule has 25 heavy (non-hydrogen) atoms. The van der Waals surface area contributed by atoms with Crippen molar-refractivity contribution in [3.8, 4) is 0 Å². The van der Waals surface area contributed by atoms with E-state index in [0.717, 1.165) is 29.9 Å². The van der Waals surface area contributed by atoms with Crippen molar-refractivity contribution in [2.24, 2.45) is 7.05 Å². The van der Waals surface area contributed by atoms with Crippen molar-refractivity contribution >= 4 is 10.0 Å². The Balaban J connectivity index is 1.90. The summed E-state index contributed by atoms with van der Waals surface area (Å²) in [5, 5.41) is 7.84. The van der Waals surface area contributed by atoms with Crippen molar-refractivity contribution in [3.05, 3.63) is 52.3 Å². The van der Waals surface area contributed by atoms with Gasteiger partial charge in [0.05, 0.1) is 11.4 Å². The Hall–Kier alpha value is -1.70. The first-order valence-corrected chi connectivity index (χ1v) is 10.1. The molecule has 0 radical (unpaired) electrons. The molecule has 0 unspecified atom stereocenters. The van der Waals surface area contributed by atoms with E-state index in [4.69, 9.17) is 0 Å². The molecule has 1 aromatic carbocycles. The summed E-state index contributed by atoms with van der Waals surface area (Å²) in [5.74, 6) is 0.00691. The second-order valence-corrected chi connectivity index (χ2v) is 8.48. The van der Waals surface area contributed by atoms with Gasteiger partial charge < -0.3 is 5.32 Å². The molecule has 0 aliphatic carbocycles. The summed E-state index contributed by atoms with van der Waals surface area (Å²) in [7, 11) is -1.33. The van der Waals surface area contributed by atoms with Crippen LogP contribution in [-0.4, -0.2) is 24.2 Å². The fourth-order valence-electron chi connectivity index (χ4n) is 2.78. The zero-order valence-corrected chi connectivity index (χ0v) is 16.4. The van der Waals surface area contributed by atoms with Gasteiger partial charge in [0, 0.05) is 37.4 Å². The topological polar surface area (TPSA) is 76.0 Å². The zero-order chi connectivity index (χ0) is 18.6. The fourth-order valence-corrected chi connectivity index (χ4v) is 4.21. The van der Waals surface area contributed by atoms with E-state index in [0.29, 0.717) is 0 Å². The molecular formula is C18H28N4O2S. The minimum Gasteiger partial charge on any atom is -0.308 e. The lowest BCUT2D eigenvalue weighted by atomic mass is 10.1. The highest BCUT2D eigenvalue weighted by Gasteiger charge is 2.13. The van der Waals surface area contributed by atoms with Crippen molar-refractivity contribution in [2.45, 2.75) is 52.6 Å². The molecule has 2 N–H and O–H groups in total. The quantitative estimate of drug-likeness (QED) is 0.753. The number of nitrogens with one attached hydrogen (secondary N) is 2. The van der Waals surface area contributed by atoms with Gasteiger partial charge in [-0.1, -0.05) is 24.3 Å². The van der Waals surface area contributed by atoms with Gasteiger partial charge in [0.2, 0.25) is 10.0 Å². The van der Waals surface area contributed by atoms with Crippen LogP contribution in [-0.2, 0) is 35.9 Å². The summed E-state index contributed by atoms with van der Waals surface area (Å²) in [6.45, 7) is 9.21. The number of rotatable bonds is 8. The summed E-state index contributed by atoms with van der Waals surface area (Å²) >= 11 is 0. The van der Waals surface area contributed by atoms with E-state index in [1.807, 2.05) is 56.8 Å². The Labute approximate surface area is 150 Å². The molecule has 0 amide bonds. The lowest BCUT2D eigenvalue weighted by molar-refractivity contribution is 0.569. The van der Waals surface area contributed by atoms with Gasteiger partial charge >= 0.3 is 0 Å². The van der Waals surface area contributed by atoms with Crippen LogP contribution >= 0.6 is 0 Å². The number of aromatic nitrogens is 2. The van der Waals surface area contributed by atoms with Gasteiger partial charge in [0.1, 0.15) is 0 Å². The van der Waals surface area contributed by atoms with Gasteiger partial charge in [-0.2, -0.15) is 5.10 Å². The van der Waals surface area contributed by atoms with Crippen molar-refractivity contribution < 1.29 is 8.42 Å². The summed E-state index contributed by atoms with van der Waals surface area (Å²) in [6, 6.07) is 7.59. The van der Waals surface area contributed by atoms with Gasteiger partial charge in [-0.05, 0) is 38.8 Å². The maximum Gasteiger partial charge on any atom is 0.216 e. The SMILES string of the molecule is Cc1nn(C)c(C)c1CNCc1ccc(CS(=O)(=O)NC(C)C)cc1. The first-order valence-electron chi connectivity index (χ1n) is 8.45. The van der Waals surface area contributed by atoms with Crippen molar-refractivity contribution in [1.82, 2.24) is 19.8 Å². The van der Waals surface area contributed by atoms with Crippen LogP contribution in [0.15, 0.2) is 24.3 Å². The van der Waals surface area contributed by atoms with Gasteiger partial charge in [-0.25, -0.2) is 13.1 Å².